The summed E-state index contributed by atoms with van der Waals surface area (Å²) in [5, 5.41) is 13.1. The van der Waals surface area contributed by atoms with E-state index in [1.54, 1.807) is 0 Å². The minimum Gasteiger partial charge on any atom is -0.395 e. The second kappa shape index (κ2) is 4.80. The van der Waals surface area contributed by atoms with Crippen LogP contribution in [0.15, 0.2) is 28.7 Å². The van der Waals surface area contributed by atoms with Crippen LogP contribution in [-0.2, 0) is 0 Å². The lowest BCUT2D eigenvalue weighted by molar-refractivity contribution is 0.311. The number of nitrogens with zero attached hydrogens (tertiary/aromatic N) is 1. The summed E-state index contributed by atoms with van der Waals surface area (Å²) in [7, 11) is 0. The average molecular weight is 281 g/mol. The van der Waals surface area contributed by atoms with E-state index in [-0.39, 0.29) is 6.61 Å². The molecule has 0 bridgehead atoms. The molecule has 0 aliphatic rings. The molecule has 0 saturated heterocycles. The van der Waals surface area contributed by atoms with Gasteiger partial charge in [0.15, 0.2) is 0 Å². The van der Waals surface area contributed by atoms with E-state index in [0.717, 1.165) is 26.8 Å². The molecule has 0 atom stereocenters. The topological polar surface area (TPSA) is 45.1 Å². The molecule has 1 aromatic heterocycles. The van der Waals surface area contributed by atoms with Crippen LogP contribution in [0.1, 0.15) is 5.69 Å². The van der Waals surface area contributed by atoms with E-state index in [1.165, 1.54) is 0 Å². The SMILES string of the molecule is Cc1cc(NCCO)c2cccc(Br)c2n1. The summed E-state index contributed by atoms with van der Waals surface area (Å²) in [4.78, 5) is 4.49. The Bertz CT molecular complexity index is 514. The molecule has 16 heavy (non-hydrogen) atoms. The minimum atomic E-state index is 0.122. The molecule has 0 aliphatic carbocycles. The number of hydrogen-bond donors (Lipinski definition) is 2. The normalized spacial score (nSPS) is 10.7. The Morgan fingerprint density at radius 3 is 3.00 bits per heavy atom. The number of nitrogens with one attached hydrogen (secondary N) is 1. The second-order valence-electron chi connectivity index (χ2n) is 3.60. The third-order valence-electron chi connectivity index (χ3n) is 2.35. The van der Waals surface area contributed by atoms with E-state index in [1.807, 2.05) is 31.2 Å². The van der Waals surface area contributed by atoms with Crippen LogP contribution in [0.25, 0.3) is 10.9 Å². The van der Waals surface area contributed by atoms with Crippen molar-refractivity contribution in [1.82, 2.24) is 4.98 Å². The second-order valence-corrected chi connectivity index (χ2v) is 4.45. The first-order chi connectivity index (χ1) is 7.72. The van der Waals surface area contributed by atoms with Gasteiger partial charge in [-0.15, -0.1) is 0 Å². The average Bonchev–Trinajstić information content (AvgIpc) is 2.27. The quantitative estimate of drug-likeness (QED) is 0.909. The van der Waals surface area contributed by atoms with Crippen LogP contribution in [-0.4, -0.2) is 23.2 Å². The van der Waals surface area contributed by atoms with Crippen LogP contribution in [0.2, 0.25) is 0 Å². The zero-order valence-electron chi connectivity index (χ0n) is 9.00. The van der Waals surface area contributed by atoms with Crippen LogP contribution in [0.5, 0.6) is 0 Å². The third-order valence-corrected chi connectivity index (χ3v) is 2.99. The maximum absolute atomic E-state index is 8.84. The fourth-order valence-corrected chi connectivity index (χ4v) is 2.13. The summed E-state index contributed by atoms with van der Waals surface area (Å²) in [6.45, 7) is 2.63. The van der Waals surface area contributed by atoms with Gasteiger partial charge in [-0.25, -0.2) is 0 Å². The molecular weight excluding hydrogens is 268 g/mol. The fourth-order valence-electron chi connectivity index (χ4n) is 1.68. The van der Waals surface area contributed by atoms with Gasteiger partial charge >= 0.3 is 0 Å². The van der Waals surface area contributed by atoms with Crippen LogP contribution in [0, 0.1) is 6.92 Å². The molecule has 0 unspecified atom stereocenters. The Hall–Kier alpha value is -1.13. The zero-order chi connectivity index (χ0) is 11.5. The maximum atomic E-state index is 8.84. The van der Waals surface area contributed by atoms with E-state index in [0.29, 0.717) is 6.54 Å². The van der Waals surface area contributed by atoms with Crippen molar-refractivity contribution in [2.45, 2.75) is 6.92 Å². The molecule has 0 saturated carbocycles. The Morgan fingerprint density at radius 2 is 2.25 bits per heavy atom. The number of rotatable bonds is 3. The molecule has 2 aromatic rings. The molecule has 0 aliphatic heterocycles. The lowest BCUT2D eigenvalue weighted by Gasteiger charge is -2.10. The van der Waals surface area contributed by atoms with Gasteiger partial charge in [0.1, 0.15) is 0 Å². The van der Waals surface area contributed by atoms with Gasteiger partial charge in [0.25, 0.3) is 0 Å². The number of para-hydroxylation sites is 1. The number of hydrogen-bond acceptors (Lipinski definition) is 3. The van der Waals surface area contributed by atoms with Crippen molar-refractivity contribution in [3.8, 4) is 0 Å². The third kappa shape index (κ3) is 2.18. The van der Waals surface area contributed by atoms with E-state index >= 15 is 0 Å². The predicted octanol–water partition coefficient (Wildman–Crippen LogP) is 2.71. The molecule has 0 fully saturated rings. The number of fused-ring (bicyclic) bond motifs is 1. The van der Waals surface area contributed by atoms with Crippen LogP contribution < -0.4 is 5.32 Å². The highest BCUT2D eigenvalue weighted by atomic mass is 79.9. The first-order valence-electron chi connectivity index (χ1n) is 5.13. The van der Waals surface area contributed by atoms with Gasteiger partial charge in [-0.3, -0.25) is 4.98 Å². The van der Waals surface area contributed by atoms with E-state index in [4.69, 9.17) is 5.11 Å². The first-order valence-corrected chi connectivity index (χ1v) is 5.92. The predicted molar refractivity (Wildman–Crippen MR) is 69.8 cm³/mol. The fraction of sp³-hybridized carbons (Fsp3) is 0.250. The molecule has 0 radical (unpaired) electrons. The van der Waals surface area contributed by atoms with Gasteiger partial charge in [-0.05, 0) is 35.0 Å². The Kier molecular flexibility index (Phi) is 3.41. The van der Waals surface area contributed by atoms with Gasteiger partial charge in [0.2, 0.25) is 0 Å². The monoisotopic (exact) mass is 280 g/mol. The molecule has 1 aromatic carbocycles. The number of aromatic nitrogens is 1. The summed E-state index contributed by atoms with van der Waals surface area (Å²) in [6, 6.07) is 7.97. The summed E-state index contributed by atoms with van der Waals surface area (Å²) >= 11 is 3.49. The molecule has 0 amide bonds. The number of aliphatic hydroxyl groups excluding tert-OH is 1. The van der Waals surface area contributed by atoms with Gasteiger partial charge in [-0.1, -0.05) is 12.1 Å². The van der Waals surface area contributed by atoms with Crippen LogP contribution >= 0.6 is 15.9 Å². The summed E-state index contributed by atoms with van der Waals surface area (Å²) in [5.41, 5.74) is 2.92. The van der Waals surface area contributed by atoms with Gasteiger partial charge < -0.3 is 10.4 Å². The first kappa shape index (κ1) is 11.4. The summed E-state index contributed by atoms with van der Waals surface area (Å²) < 4.78 is 0.987. The van der Waals surface area contributed by atoms with E-state index in [9.17, 15) is 0 Å². The van der Waals surface area contributed by atoms with E-state index < -0.39 is 0 Å². The highest BCUT2D eigenvalue weighted by Crippen LogP contribution is 2.28. The molecule has 0 spiro atoms. The number of pyridine rings is 1. The van der Waals surface area contributed by atoms with Crippen LogP contribution in [0.3, 0.4) is 0 Å². The van der Waals surface area contributed by atoms with Crippen molar-refractivity contribution in [2.24, 2.45) is 0 Å². The highest BCUT2D eigenvalue weighted by molar-refractivity contribution is 9.10. The molecule has 1 heterocycles. The Balaban J connectivity index is 2.59. The molecule has 2 N–H and O–H groups in total. The van der Waals surface area contributed by atoms with E-state index in [2.05, 4.69) is 26.2 Å². The van der Waals surface area contributed by atoms with Gasteiger partial charge in [0.05, 0.1) is 12.1 Å². The van der Waals surface area contributed by atoms with Crippen LogP contribution in [0.4, 0.5) is 5.69 Å². The van der Waals surface area contributed by atoms with Gasteiger partial charge in [-0.2, -0.15) is 0 Å². The van der Waals surface area contributed by atoms with Crippen molar-refractivity contribution in [3.05, 3.63) is 34.4 Å². The van der Waals surface area contributed by atoms with Gasteiger partial charge in [0, 0.05) is 27.8 Å². The zero-order valence-corrected chi connectivity index (χ0v) is 10.6. The number of aliphatic hydroxyl groups is 1. The number of benzene rings is 1. The summed E-state index contributed by atoms with van der Waals surface area (Å²) in [6.07, 6.45) is 0. The standard InChI is InChI=1S/C12H13BrN2O/c1-8-7-11(14-5-6-16)9-3-2-4-10(13)12(9)15-8/h2-4,7,16H,5-6H2,1H3,(H,14,15). The van der Waals surface area contributed by atoms with Crippen molar-refractivity contribution in [3.63, 3.8) is 0 Å². The Morgan fingerprint density at radius 1 is 1.44 bits per heavy atom. The summed E-state index contributed by atoms with van der Waals surface area (Å²) in [5.74, 6) is 0. The molecule has 4 heteroatoms. The molecule has 2 rings (SSSR count). The lowest BCUT2D eigenvalue weighted by atomic mass is 10.1. The molecule has 3 nitrogen and oxygen atoms in total. The number of anilines is 1. The van der Waals surface area contributed by atoms with Crippen molar-refractivity contribution < 1.29 is 5.11 Å². The highest BCUT2D eigenvalue weighted by Gasteiger charge is 2.05. The number of aryl methyl sites for hydroxylation is 1. The molecular formula is C12H13BrN2O. The number of halogens is 1. The lowest BCUT2D eigenvalue weighted by Crippen LogP contribution is -2.06. The largest absolute Gasteiger partial charge is 0.395 e. The van der Waals surface area contributed by atoms with Crippen molar-refractivity contribution >= 4 is 32.5 Å². The Labute approximate surface area is 103 Å². The smallest absolute Gasteiger partial charge is 0.0867 e. The minimum absolute atomic E-state index is 0.122. The molecule has 84 valence electrons. The maximum Gasteiger partial charge on any atom is 0.0867 e. The van der Waals surface area contributed by atoms with Crippen molar-refractivity contribution in [2.75, 3.05) is 18.5 Å². The van der Waals surface area contributed by atoms with Crippen molar-refractivity contribution in [1.29, 1.82) is 0 Å².